The van der Waals surface area contributed by atoms with Crippen LogP contribution >= 0.6 is 0 Å². The molecular formula is C17H23N5O3. The van der Waals surface area contributed by atoms with Crippen molar-refractivity contribution in [2.45, 2.75) is 38.7 Å². The van der Waals surface area contributed by atoms with E-state index in [1.807, 2.05) is 11.8 Å². The van der Waals surface area contributed by atoms with Gasteiger partial charge in [0.1, 0.15) is 5.76 Å². The first kappa shape index (κ1) is 17.3. The zero-order valence-electron chi connectivity index (χ0n) is 14.5. The van der Waals surface area contributed by atoms with Crippen molar-refractivity contribution in [3.8, 4) is 0 Å². The van der Waals surface area contributed by atoms with Crippen molar-refractivity contribution in [3.63, 3.8) is 0 Å². The normalized spacial score (nSPS) is 20.5. The molecule has 1 atom stereocenters. The number of amides is 1. The van der Waals surface area contributed by atoms with Crippen LogP contribution in [0.1, 0.15) is 29.9 Å². The SMILES string of the molecule is Cc1noc(C)c1CC(=O)NC[C@]1(O)CCCN(c2ncccn2)C1. The number of aliphatic hydroxyl groups is 1. The number of hydrogen-bond donors (Lipinski definition) is 2. The number of rotatable bonds is 5. The lowest BCUT2D eigenvalue weighted by molar-refractivity contribution is -0.121. The third-order valence-electron chi connectivity index (χ3n) is 4.52. The van der Waals surface area contributed by atoms with E-state index in [0.29, 0.717) is 24.7 Å². The Morgan fingerprint density at radius 1 is 1.40 bits per heavy atom. The molecule has 0 aromatic carbocycles. The van der Waals surface area contributed by atoms with Crippen LogP contribution in [0.3, 0.4) is 0 Å². The molecule has 1 aliphatic heterocycles. The van der Waals surface area contributed by atoms with Gasteiger partial charge in [-0.2, -0.15) is 0 Å². The van der Waals surface area contributed by atoms with Gasteiger partial charge in [-0.05, 0) is 32.8 Å². The summed E-state index contributed by atoms with van der Waals surface area (Å²) in [5.41, 5.74) is 0.523. The fourth-order valence-corrected chi connectivity index (χ4v) is 3.12. The molecule has 0 unspecified atom stereocenters. The summed E-state index contributed by atoms with van der Waals surface area (Å²) in [6, 6.07) is 1.76. The maximum absolute atomic E-state index is 12.2. The number of carbonyl (C=O) groups is 1. The second-order valence-corrected chi connectivity index (χ2v) is 6.55. The van der Waals surface area contributed by atoms with E-state index in [9.17, 15) is 9.90 Å². The minimum absolute atomic E-state index is 0.157. The highest BCUT2D eigenvalue weighted by Gasteiger charge is 2.34. The lowest BCUT2D eigenvalue weighted by atomic mass is 9.93. The zero-order chi connectivity index (χ0) is 17.9. The third-order valence-corrected chi connectivity index (χ3v) is 4.52. The van der Waals surface area contributed by atoms with E-state index in [0.717, 1.165) is 24.2 Å². The molecule has 3 rings (SSSR count). The molecule has 0 bridgehead atoms. The summed E-state index contributed by atoms with van der Waals surface area (Å²) in [6.45, 7) is 4.97. The van der Waals surface area contributed by atoms with E-state index >= 15 is 0 Å². The van der Waals surface area contributed by atoms with Gasteiger partial charge in [-0.15, -0.1) is 0 Å². The van der Waals surface area contributed by atoms with Gasteiger partial charge in [-0.25, -0.2) is 9.97 Å². The quantitative estimate of drug-likeness (QED) is 0.825. The first-order valence-electron chi connectivity index (χ1n) is 8.40. The van der Waals surface area contributed by atoms with Crippen LogP contribution in [0.4, 0.5) is 5.95 Å². The molecule has 8 nitrogen and oxygen atoms in total. The van der Waals surface area contributed by atoms with Gasteiger partial charge in [0.15, 0.2) is 0 Å². The topological polar surface area (TPSA) is 104 Å². The third kappa shape index (κ3) is 4.14. The van der Waals surface area contributed by atoms with Crippen LogP contribution in [0.25, 0.3) is 0 Å². The maximum Gasteiger partial charge on any atom is 0.225 e. The van der Waals surface area contributed by atoms with Crippen LogP contribution < -0.4 is 10.2 Å². The summed E-state index contributed by atoms with van der Waals surface area (Å²) in [6.07, 6.45) is 5.00. The minimum atomic E-state index is -0.994. The van der Waals surface area contributed by atoms with Crippen LogP contribution in [0, 0.1) is 13.8 Å². The summed E-state index contributed by atoms with van der Waals surface area (Å²) in [4.78, 5) is 22.6. The van der Waals surface area contributed by atoms with Crippen LogP contribution in [0.2, 0.25) is 0 Å². The van der Waals surface area contributed by atoms with E-state index in [4.69, 9.17) is 4.52 Å². The average molecular weight is 345 g/mol. The second kappa shape index (κ2) is 7.18. The number of aromatic nitrogens is 3. The monoisotopic (exact) mass is 345 g/mol. The maximum atomic E-state index is 12.2. The molecule has 1 saturated heterocycles. The van der Waals surface area contributed by atoms with Crippen molar-refractivity contribution in [2.24, 2.45) is 0 Å². The molecule has 0 spiro atoms. The average Bonchev–Trinajstić information content (AvgIpc) is 2.93. The van der Waals surface area contributed by atoms with Gasteiger partial charge in [0.05, 0.1) is 24.3 Å². The van der Waals surface area contributed by atoms with Gasteiger partial charge in [0, 0.05) is 31.0 Å². The molecule has 2 aromatic heterocycles. The molecule has 2 aromatic rings. The predicted molar refractivity (Wildman–Crippen MR) is 91.1 cm³/mol. The summed E-state index contributed by atoms with van der Waals surface area (Å²) < 4.78 is 5.07. The second-order valence-electron chi connectivity index (χ2n) is 6.55. The van der Waals surface area contributed by atoms with Crippen molar-refractivity contribution in [2.75, 3.05) is 24.5 Å². The number of piperidine rings is 1. The van der Waals surface area contributed by atoms with Crippen molar-refractivity contribution in [3.05, 3.63) is 35.5 Å². The molecule has 0 aliphatic carbocycles. The lowest BCUT2D eigenvalue weighted by Crippen LogP contribution is -2.54. The van der Waals surface area contributed by atoms with Crippen molar-refractivity contribution in [1.82, 2.24) is 20.4 Å². The highest BCUT2D eigenvalue weighted by Crippen LogP contribution is 2.23. The largest absolute Gasteiger partial charge is 0.386 e. The fraction of sp³-hybridized carbons (Fsp3) is 0.529. The number of nitrogens with zero attached hydrogens (tertiary/aromatic N) is 4. The Kier molecular flexibility index (Phi) is 4.98. The Labute approximate surface area is 146 Å². The molecular weight excluding hydrogens is 322 g/mol. The molecule has 134 valence electrons. The van der Waals surface area contributed by atoms with Gasteiger partial charge in [0.25, 0.3) is 0 Å². The van der Waals surface area contributed by atoms with Crippen molar-refractivity contribution >= 4 is 11.9 Å². The highest BCUT2D eigenvalue weighted by molar-refractivity contribution is 5.79. The number of hydrogen-bond acceptors (Lipinski definition) is 7. The van der Waals surface area contributed by atoms with E-state index in [2.05, 4.69) is 20.4 Å². The molecule has 0 radical (unpaired) electrons. The Balaban J connectivity index is 1.57. The standard InChI is InChI=1S/C17H23N5O3/c1-12-14(13(2)25-21-12)9-15(23)20-10-17(24)5-3-8-22(11-17)16-18-6-4-7-19-16/h4,6-7,24H,3,5,8-11H2,1-2H3,(H,20,23)/t17-/m1/s1. The van der Waals surface area contributed by atoms with E-state index in [1.54, 1.807) is 25.4 Å². The Bertz CT molecular complexity index is 714. The number of nitrogens with one attached hydrogen (secondary N) is 1. The summed E-state index contributed by atoms with van der Waals surface area (Å²) >= 11 is 0. The van der Waals surface area contributed by atoms with Gasteiger partial charge in [-0.1, -0.05) is 5.16 Å². The minimum Gasteiger partial charge on any atom is -0.386 e. The number of anilines is 1. The zero-order valence-corrected chi connectivity index (χ0v) is 14.5. The van der Waals surface area contributed by atoms with Crippen LogP contribution in [0.5, 0.6) is 0 Å². The van der Waals surface area contributed by atoms with E-state index in [1.165, 1.54) is 0 Å². The van der Waals surface area contributed by atoms with Crippen LogP contribution in [0.15, 0.2) is 23.0 Å². The van der Waals surface area contributed by atoms with Gasteiger partial charge in [-0.3, -0.25) is 4.79 Å². The first-order valence-corrected chi connectivity index (χ1v) is 8.40. The van der Waals surface area contributed by atoms with Crippen LogP contribution in [-0.4, -0.2) is 51.4 Å². The van der Waals surface area contributed by atoms with Gasteiger partial charge < -0.3 is 19.8 Å². The van der Waals surface area contributed by atoms with Crippen molar-refractivity contribution < 1.29 is 14.4 Å². The molecule has 2 N–H and O–H groups in total. The van der Waals surface area contributed by atoms with Crippen LogP contribution in [-0.2, 0) is 11.2 Å². The molecule has 1 fully saturated rings. The van der Waals surface area contributed by atoms with E-state index in [-0.39, 0.29) is 18.9 Å². The molecule has 3 heterocycles. The summed E-state index contributed by atoms with van der Waals surface area (Å²) in [7, 11) is 0. The van der Waals surface area contributed by atoms with Gasteiger partial charge >= 0.3 is 0 Å². The summed E-state index contributed by atoms with van der Waals surface area (Å²) in [5.74, 6) is 1.09. The number of carbonyl (C=O) groups excluding carboxylic acids is 1. The van der Waals surface area contributed by atoms with Gasteiger partial charge in [0.2, 0.25) is 11.9 Å². The molecule has 1 amide bonds. The predicted octanol–water partition coefficient (Wildman–Crippen LogP) is 0.772. The lowest BCUT2D eigenvalue weighted by Gasteiger charge is -2.39. The Hall–Kier alpha value is -2.48. The Morgan fingerprint density at radius 3 is 2.84 bits per heavy atom. The van der Waals surface area contributed by atoms with E-state index < -0.39 is 5.60 Å². The fourth-order valence-electron chi connectivity index (χ4n) is 3.12. The number of β-amino-alcohol motifs (C(OH)–C–C–N with tert-alkyl or cyclic N) is 1. The smallest absolute Gasteiger partial charge is 0.225 e. The highest BCUT2D eigenvalue weighted by atomic mass is 16.5. The summed E-state index contributed by atoms with van der Waals surface area (Å²) in [5, 5.41) is 17.5. The van der Waals surface area contributed by atoms with Crippen molar-refractivity contribution in [1.29, 1.82) is 0 Å². The Morgan fingerprint density at radius 2 is 2.16 bits per heavy atom. The molecule has 1 aliphatic rings. The molecule has 0 saturated carbocycles. The first-order chi connectivity index (χ1) is 12.0. The number of aryl methyl sites for hydroxylation is 2. The molecule has 25 heavy (non-hydrogen) atoms. The molecule has 8 heteroatoms.